The maximum Gasteiger partial charge on any atom is 0.241 e. The molecule has 0 fully saturated rings. The van der Waals surface area contributed by atoms with Gasteiger partial charge in [-0.1, -0.05) is 0 Å². The fourth-order valence-electron chi connectivity index (χ4n) is 2.24. The third-order valence-corrected chi connectivity index (χ3v) is 4.14. The standard InChI is InChI=1S/C14H25N3O3S/c1-10(2)17(11(3)4)7-8-20-13-6-5-12(15)9-14(13)21(16,18)19/h5-6,9-11H,7-8,15H2,1-4H3,(H2,16,18,19). The van der Waals surface area contributed by atoms with E-state index in [9.17, 15) is 8.42 Å². The summed E-state index contributed by atoms with van der Waals surface area (Å²) in [7, 11) is -3.86. The smallest absolute Gasteiger partial charge is 0.241 e. The number of hydrogen-bond acceptors (Lipinski definition) is 5. The molecule has 6 nitrogen and oxygen atoms in total. The summed E-state index contributed by atoms with van der Waals surface area (Å²) in [5, 5.41) is 5.18. The van der Waals surface area contributed by atoms with Crippen LogP contribution in [-0.4, -0.2) is 38.6 Å². The van der Waals surface area contributed by atoms with Gasteiger partial charge in [0, 0.05) is 24.3 Å². The molecule has 0 saturated carbocycles. The molecule has 0 unspecified atom stereocenters. The molecule has 0 saturated heterocycles. The fraction of sp³-hybridized carbons (Fsp3) is 0.571. The zero-order chi connectivity index (χ0) is 16.2. The molecule has 0 aliphatic heterocycles. The Morgan fingerprint density at radius 3 is 2.24 bits per heavy atom. The minimum atomic E-state index is -3.86. The van der Waals surface area contributed by atoms with Crippen LogP contribution in [0.5, 0.6) is 5.75 Å². The SMILES string of the molecule is CC(C)N(CCOc1ccc(N)cc1S(N)(=O)=O)C(C)C. The van der Waals surface area contributed by atoms with Crippen molar-refractivity contribution < 1.29 is 13.2 Å². The van der Waals surface area contributed by atoms with Crippen molar-refractivity contribution >= 4 is 15.7 Å². The van der Waals surface area contributed by atoms with Gasteiger partial charge < -0.3 is 10.5 Å². The topological polar surface area (TPSA) is 98.7 Å². The number of benzene rings is 1. The highest BCUT2D eigenvalue weighted by atomic mass is 32.2. The summed E-state index contributed by atoms with van der Waals surface area (Å²) in [6.45, 7) is 9.52. The summed E-state index contributed by atoms with van der Waals surface area (Å²) >= 11 is 0. The highest BCUT2D eigenvalue weighted by molar-refractivity contribution is 7.89. The first-order valence-electron chi connectivity index (χ1n) is 6.93. The quantitative estimate of drug-likeness (QED) is 0.741. The monoisotopic (exact) mass is 315 g/mol. The van der Waals surface area contributed by atoms with Gasteiger partial charge >= 0.3 is 0 Å². The maximum atomic E-state index is 11.6. The molecule has 0 aliphatic carbocycles. The van der Waals surface area contributed by atoms with Crippen molar-refractivity contribution in [1.82, 2.24) is 4.90 Å². The molecule has 0 aromatic heterocycles. The molecule has 120 valence electrons. The molecule has 7 heteroatoms. The first-order chi connectivity index (χ1) is 9.62. The number of hydrogen-bond donors (Lipinski definition) is 2. The second-order valence-electron chi connectivity index (χ2n) is 5.52. The van der Waals surface area contributed by atoms with E-state index in [1.54, 1.807) is 6.07 Å². The molecule has 21 heavy (non-hydrogen) atoms. The maximum absolute atomic E-state index is 11.6. The summed E-state index contributed by atoms with van der Waals surface area (Å²) < 4.78 is 28.7. The van der Waals surface area contributed by atoms with Gasteiger partial charge in [0.1, 0.15) is 17.3 Å². The van der Waals surface area contributed by atoms with E-state index in [1.165, 1.54) is 12.1 Å². The van der Waals surface area contributed by atoms with E-state index in [1.807, 2.05) is 0 Å². The van der Waals surface area contributed by atoms with Gasteiger partial charge in [0.05, 0.1) is 0 Å². The Kier molecular flexibility index (Phi) is 6.00. The second kappa shape index (κ2) is 7.11. The minimum absolute atomic E-state index is 0.0804. The summed E-state index contributed by atoms with van der Waals surface area (Å²) in [5.74, 6) is 0.235. The van der Waals surface area contributed by atoms with Crippen molar-refractivity contribution in [3.05, 3.63) is 18.2 Å². The zero-order valence-corrected chi connectivity index (χ0v) is 13.9. The lowest BCUT2D eigenvalue weighted by Gasteiger charge is -2.30. The van der Waals surface area contributed by atoms with E-state index >= 15 is 0 Å². The molecule has 1 rings (SSSR count). The number of primary sulfonamides is 1. The molecule has 0 aliphatic rings. The second-order valence-corrected chi connectivity index (χ2v) is 7.05. The number of ether oxygens (including phenoxy) is 1. The largest absolute Gasteiger partial charge is 0.491 e. The highest BCUT2D eigenvalue weighted by Gasteiger charge is 2.17. The van der Waals surface area contributed by atoms with Gasteiger partial charge in [-0.25, -0.2) is 13.6 Å². The van der Waals surface area contributed by atoms with E-state index in [4.69, 9.17) is 15.6 Å². The Hall–Kier alpha value is -1.31. The lowest BCUT2D eigenvalue weighted by Crippen LogP contribution is -2.39. The summed E-state index contributed by atoms with van der Waals surface area (Å²) in [4.78, 5) is 2.18. The molecule has 4 N–H and O–H groups in total. The van der Waals surface area contributed by atoms with Crippen LogP contribution in [0.2, 0.25) is 0 Å². The van der Waals surface area contributed by atoms with Gasteiger partial charge in [-0.15, -0.1) is 0 Å². The van der Waals surface area contributed by atoms with Gasteiger partial charge in [0.25, 0.3) is 0 Å². The Morgan fingerprint density at radius 2 is 1.76 bits per heavy atom. The summed E-state index contributed by atoms with van der Waals surface area (Å²) in [6, 6.07) is 5.21. The van der Waals surface area contributed by atoms with Crippen LogP contribution in [0.25, 0.3) is 0 Å². The molecule has 0 heterocycles. The third-order valence-electron chi connectivity index (χ3n) is 3.21. The van der Waals surface area contributed by atoms with Gasteiger partial charge in [0.2, 0.25) is 10.0 Å². The zero-order valence-electron chi connectivity index (χ0n) is 13.0. The van der Waals surface area contributed by atoms with Crippen molar-refractivity contribution in [2.75, 3.05) is 18.9 Å². The number of nitrogen functional groups attached to an aromatic ring is 1. The lowest BCUT2D eigenvalue weighted by molar-refractivity contribution is 0.141. The van der Waals surface area contributed by atoms with Crippen molar-refractivity contribution in [3.8, 4) is 5.75 Å². The lowest BCUT2D eigenvalue weighted by atomic mass is 10.2. The van der Waals surface area contributed by atoms with E-state index < -0.39 is 10.0 Å². The van der Waals surface area contributed by atoms with E-state index in [-0.39, 0.29) is 10.6 Å². The molecular weight excluding hydrogens is 290 g/mol. The molecule has 0 spiro atoms. The third kappa shape index (κ3) is 5.18. The van der Waals surface area contributed by atoms with E-state index in [0.717, 1.165) is 0 Å². The minimum Gasteiger partial charge on any atom is -0.491 e. The Bertz CT molecular complexity index is 563. The predicted octanol–water partition coefficient (Wildman–Crippen LogP) is 1.41. The Labute approximate surface area is 127 Å². The molecule has 0 amide bonds. The summed E-state index contributed by atoms with van der Waals surface area (Å²) in [6.07, 6.45) is 0. The molecular formula is C14H25N3O3S. The highest BCUT2D eigenvalue weighted by Crippen LogP contribution is 2.25. The predicted molar refractivity (Wildman–Crippen MR) is 84.7 cm³/mol. The average Bonchev–Trinajstić information content (AvgIpc) is 2.33. The Balaban J connectivity index is 2.81. The van der Waals surface area contributed by atoms with Crippen LogP contribution in [0.1, 0.15) is 27.7 Å². The average molecular weight is 315 g/mol. The van der Waals surface area contributed by atoms with Crippen LogP contribution in [0.4, 0.5) is 5.69 Å². The van der Waals surface area contributed by atoms with Crippen LogP contribution < -0.4 is 15.6 Å². The van der Waals surface area contributed by atoms with E-state index in [0.29, 0.717) is 30.9 Å². The van der Waals surface area contributed by atoms with Crippen molar-refractivity contribution in [2.24, 2.45) is 5.14 Å². The molecule has 0 radical (unpaired) electrons. The van der Waals surface area contributed by atoms with Crippen LogP contribution in [-0.2, 0) is 10.0 Å². The van der Waals surface area contributed by atoms with Crippen molar-refractivity contribution in [3.63, 3.8) is 0 Å². The first kappa shape index (κ1) is 17.7. The van der Waals surface area contributed by atoms with Crippen LogP contribution in [0.3, 0.4) is 0 Å². The molecule has 0 bridgehead atoms. The fourth-order valence-corrected chi connectivity index (χ4v) is 2.95. The molecule has 1 aromatic carbocycles. The van der Waals surface area contributed by atoms with Crippen molar-refractivity contribution in [2.45, 2.75) is 44.7 Å². The van der Waals surface area contributed by atoms with Crippen LogP contribution in [0, 0.1) is 0 Å². The number of nitrogens with zero attached hydrogens (tertiary/aromatic N) is 1. The van der Waals surface area contributed by atoms with Gasteiger partial charge in [-0.05, 0) is 45.9 Å². The van der Waals surface area contributed by atoms with Crippen LogP contribution >= 0.6 is 0 Å². The van der Waals surface area contributed by atoms with Crippen molar-refractivity contribution in [1.29, 1.82) is 0 Å². The number of sulfonamides is 1. The Morgan fingerprint density at radius 1 is 1.19 bits per heavy atom. The summed E-state index contributed by atoms with van der Waals surface area (Å²) in [5.41, 5.74) is 5.93. The van der Waals surface area contributed by atoms with Gasteiger partial charge in [-0.2, -0.15) is 0 Å². The first-order valence-corrected chi connectivity index (χ1v) is 8.48. The number of nitrogens with two attached hydrogens (primary N) is 2. The number of rotatable bonds is 7. The van der Waals surface area contributed by atoms with Gasteiger partial charge in [0.15, 0.2) is 0 Å². The normalized spacial score (nSPS) is 12.4. The van der Waals surface area contributed by atoms with Crippen LogP contribution in [0.15, 0.2) is 23.1 Å². The van der Waals surface area contributed by atoms with E-state index in [2.05, 4.69) is 32.6 Å². The molecule has 1 aromatic rings. The molecule has 0 atom stereocenters. The number of anilines is 1. The van der Waals surface area contributed by atoms with Gasteiger partial charge in [-0.3, -0.25) is 4.90 Å².